The largest absolute Gasteiger partial charge is 0.444 e. The molecule has 0 aliphatic carbocycles. The summed E-state index contributed by atoms with van der Waals surface area (Å²) >= 11 is 0. The van der Waals surface area contributed by atoms with Crippen LogP contribution in [0.4, 0.5) is 19.3 Å². The first-order valence-corrected chi connectivity index (χ1v) is 6.36. The molecule has 1 amide bonds. The van der Waals surface area contributed by atoms with Gasteiger partial charge in [0.1, 0.15) is 17.6 Å². The molecule has 112 valence electrons. The van der Waals surface area contributed by atoms with Gasteiger partial charge in [-0.1, -0.05) is 0 Å². The molecule has 0 saturated carbocycles. The van der Waals surface area contributed by atoms with E-state index < -0.39 is 23.7 Å². The quantitative estimate of drug-likeness (QED) is 0.890. The number of anilines is 1. The Labute approximate surface area is 117 Å². The maximum atomic E-state index is 13.9. The number of ether oxygens (including phenoxy) is 1. The van der Waals surface area contributed by atoms with E-state index in [-0.39, 0.29) is 24.2 Å². The van der Waals surface area contributed by atoms with E-state index in [4.69, 9.17) is 10.5 Å². The van der Waals surface area contributed by atoms with Crippen molar-refractivity contribution in [1.82, 2.24) is 0 Å². The summed E-state index contributed by atoms with van der Waals surface area (Å²) in [6.45, 7) is 5.27. The van der Waals surface area contributed by atoms with Gasteiger partial charge >= 0.3 is 6.09 Å². The number of alkyl halides is 1. The van der Waals surface area contributed by atoms with Crippen molar-refractivity contribution < 1.29 is 18.3 Å². The third-order valence-corrected chi connectivity index (χ3v) is 2.41. The lowest BCUT2D eigenvalue weighted by molar-refractivity contribution is 0.0635. The normalized spacial score (nSPS) is 12.9. The van der Waals surface area contributed by atoms with Crippen molar-refractivity contribution in [2.75, 3.05) is 11.9 Å². The van der Waals surface area contributed by atoms with Gasteiger partial charge in [-0.15, -0.1) is 0 Å². The Morgan fingerprint density at radius 2 is 2.10 bits per heavy atom. The van der Waals surface area contributed by atoms with Crippen LogP contribution in [0.25, 0.3) is 0 Å². The van der Waals surface area contributed by atoms with Gasteiger partial charge in [0, 0.05) is 5.56 Å². The Bertz CT molecular complexity index is 473. The summed E-state index contributed by atoms with van der Waals surface area (Å²) in [5.74, 6) is -0.575. The van der Waals surface area contributed by atoms with Gasteiger partial charge in [0.05, 0.1) is 5.69 Å². The highest BCUT2D eigenvalue weighted by atomic mass is 19.1. The second-order valence-electron chi connectivity index (χ2n) is 5.40. The van der Waals surface area contributed by atoms with Gasteiger partial charge in [0.2, 0.25) is 0 Å². The summed E-state index contributed by atoms with van der Waals surface area (Å²) in [5.41, 5.74) is 4.86. The molecule has 0 bridgehead atoms. The first kappa shape index (κ1) is 16.4. The Kier molecular flexibility index (Phi) is 5.44. The van der Waals surface area contributed by atoms with Crippen molar-refractivity contribution in [3.8, 4) is 0 Å². The Balaban J connectivity index is 2.91. The molecule has 0 saturated heterocycles. The highest BCUT2D eigenvalue weighted by Gasteiger charge is 2.20. The van der Waals surface area contributed by atoms with Crippen LogP contribution < -0.4 is 11.1 Å². The molecule has 20 heavy (non-hydrogen) atoms. The van der Waals surface area contributed by atoms with Crippen molar-refractivity contribution >= 4 is 11.8 Å². The molecule has 0 aromatic heterocycles. The molecular formula is C14H20F2N2O2. The monoisotopic (exact) mass is 286 g/mol. The first-order chi connectivity index (χ1) is 9.23. The standard InChI is InChI=1S/C14H20F2N2O2/c1-14(2,3)20-13(19)18-12-5-4-9(15)8-10(12)11(16)6-7-17/h4-5,8,11H,6-7,17H2,1-3H3,(H,18,19). The molecule has 1 aromatic carbocycles. The summed E-state index contributed by atoms with van der Waals surface area (Å²) < 4.78 is 32.2. The van der Waals surface area contributed by atoms with Crippen LogP contribution in [0, 0.1) is 5.82 Å². The molecule has 3 N–H and O–H groups in total. The smallest absolute Gasteiger partial charge is 0.412 e. The van der Waals surface area contributed by atoms with Crippen LogP contribution in [-0.2, 0) is 4.74 Å². The third kappa shape index (κ3) is 5.13. The minimum atomic E-state index is -1.44. The minimum Gasteiger partial charge on any atom is -0.444 e. The zero-order valence-corrected chi connectivity index (χ0v) is 11.9. The average molecular weight is 286 g/mol. The molecule has 4 nitrogen and oxygen atoms in total. The Morgan fingerprint density at radius 1 is 1.45 bits per heavy atom. The maximum absolute atomic E-state index is 13.9. The third-order valence-electron chi connectivity index (χ3n) is 2.41. The molecule has 0 heterocycles. The SMILES string of the molecule is CC(C)(C)OC(=O)Nc1ccc(F)cc1C(F)CCN. The molecule has 1 atom stereocenters. The molecule has 0 aliphatic heterocycles. The van der Waals surface area contributed by atoms with E-state index in [2.05, 4.69) is 5.32 Å². The minimum absolute atomic E-state index is 0.0481. The number of rotatable bonds is 4. The van der Waals surface area contributed by atoms with Crippen LogP contribution in [-0.4, -0.2) is 18.2 Å². The summed E-state index contributed by atoms with van der Waals surface area (Å²) in [4.78, 5) is 11.7. The second-order valence-corrected chi connectivity index (χ2v) is 5.40. The number of benzene rings is 1. The van der Waals surface area contributed by atoms with E-state index >= 15 is 0 Å². The number of carbonyl (C=O) groups is 1. The molecule has 0 aliphatic rings. The zero-order valence-electron chi connectivity index (χ0n) is 11.9. The van der Waals surface area contributed by atoms with Crippen LogP contribution in [0.2, 0.25) is 0 Å². The summed E-state index contributed by atoms with van der Waals surface area (Å²) in [5, 5.41) is 2.42. The average Bonchev–Trinajstić information content (AvgIpc) is 2.29. The molecule has 0 radical (unpaired) electrons. The van der Waals surface area contributed by atoms with Crippen molar-refractivity contribution in [1.29, 1.82) is 0 Å². The Hall–Kier alpha value is -1.69. The summed E-state index contributed by atoms with van der Waals surface area (Å²) in [6, 6.07) is 3.50. The van der Waals surface area contributed by atoms with Gasteiger partial charge in [0.25, 0.3) is 0 Å². The molecule has 0 spiro atoms. The predicted molar refractivity (Wildman–Crippen MR) is 73.8 cm³/mol. The van der Waals surface area contributed by atoms with Crippen molar-refractivity contribution in [2.24, 2.45) is 5.73 Å². The van der Waals surface area contributed by atoms with E-state index in [1.54, 1.807) is 20.8 Å². The van der Waals surface area contributed by atoms with E-state index in [1.807, 2.05) is 0 Å². The molecule has 6 heteroatoms. The second kappa shape index (κ2) is 6.65. The number of nitrogens with one attached hydrogen (secondary N) is 1. The van der Waals surface area contributed by atoms with Gasteiger partial charge in [-0.25, -0.2) is 13.6 Å². The highest BCUT2D eigenvalue weighted by Crippen LogP contribution is 2.29. The maximum Gasteiger partial charge on any atom is 0.412 e. The van der Waals surface area contributed by atoms with E-state index in [0.717, 1.165) is 12.1 Å². The zero-order chi connectivity index (χ0) is 15.3. The Morgan fingerprint density at radius 3 is 2.65 bits per heavy atom. The lowest BCUT2D eigenvalue weighted by Gasteiger charge is -2.21. The molecule has 0 fully saturated rings. The molecule has 1 rings (SSSR count). The van der Waals surface area contributed by atoms with E-state index in [0.29, 0.717) is 0 Å². The van der Waals surface area contributed by atoms with Gasteiger partial charge in [-0.2, -0.15) is 0 Å². The van der Waals surface area contributed by atoms with Crippen molar-refractivity contribution in [3.63, 3.8) is 0 Å². The van der Waals surface area contributed by atoms with Crippen LogP contribution in [0.15, 0.2) is 18.2 Å². The fourth-order valence-electron chi connectivity index (χ4n) is 1.62. The summed E-state index contributed by atoms with van der Waals surface area (Å²) in [6.07, 6.45) is -2.11. The molecular weight excluding hydrogens is 266 g/mol. The number of amides is 1. The fourth-order valence-corrected chi connectivity index (χ4v) is 1.62. The number of carbonyl (C=O) groups excluding carboxylic acids is 1. The van der Waals surface area contributed by atoms with Crippen LogP contribution >= 0.6 is 0 Å². The van der Waals surface area contributed by atoms with E-state index in [1.165, 1.54) is 6.07 Å². The topological polar surface area (TPSA) is 64.3 Å². The number of hydrogen-bond acceptors (Lipinski definition) is 3. The summed E-state index contributed by atoms with van der Waals surface area (Å²) in [7, 11) is 0. The van der Waals surface area contributed by atoms with E-state index in [9.17, 15) is 13.6 Å². The van der Waals surface area contributed by atoms with Gasteiger partial charge in [0.15, 0.2) is 0 Å². The fraction of sp³-hybridized carbons (Fsp3) is 0.500. The van der Waals surface area contributed by atoms with Crippen LogP contribution in [0.5, 0.6) is 0 Å². The number of hydrogen-bond donors (Lipinski definition) is 2. The van der Waals surface area contributed by atoms with Crippen LogP contribution in [0.1, 0.15) is 38.9 Å². The van der Waals surface area contributed by atoms with Gasteiger partial charge in [-0.05, 0) is 51.9 Å². The van der Waals surface area contributed by atoms with Gasteiger partial charge in [-0.3, -0.25) is 5.32 Å². The lowest BCUT2D eigenvalue weighted by atomic mass is 10.1. The van der Waals surface area contributed by atoms with Gasteiger partial charge < -0.3 is 10.5 Å². The van der Waals surface area contributed by atoms with Crippen molar-refractivity contribution in [3.05, 3.63) is 29.6 Å². The first-order valence-electron chi connectivity index (χ1n) is 6.36. The predicted octanol–water partition coefficient (Wildman–Crippen LogP) is 3.53. The molecule has 1 aromatic rings. The number of nitrogens with two attached hydrogens (primary N) is 1. The highest BCUT2D eigenvalue weighted by molar-refractivity contribution is 5.86. The molecule has 1 unspecified atom stereocenters. The lowest BCUT2D eigenvalue weighted by Crippen LogP contribution is -2.27. The number of halogens is 2. The van der Waals surface area contributed by atoms with Crippen molar-refractivity contribution in [2.45, 2.75) is 39.0 Å². The van der Waals surface area contributed by atoms with Crippen LogP contribution in [0.3, 0.4) is 0 Å².